The van der Waals surface area contributed by atoms with Crippen LogP contribution in [0.25, 0.3) is 0 Å². The summed E-state index contributed by atoms with van der Waals surface area (Å²) in [6.07, 6.45) is 0.300. The Kier molecular flexibility index (Phi) is 9.23. The Morgan fingerprint density at radius 3 is 2.62 bits per heavy atom. The van der Waals surface area contributed by atoms with Crippen molar-refractivity contribution >= 4 is 11.8 Å². The van der Waals surface area contributed by atoms with Crippen LogP contribution in [0.5, 0.6) is 0 Å². The summed E-state index contributed by atoms with van der Waals surface area (Å²) in [5.74, 6) is -2.39. The molecule has 0 radical (unpaired) electrons. The molecule has 3 N–H and O–H groups in total. The Balaban J connectivity index is 1.42. The smallest absolute Gasteiger partial charge is 0.225 e. The van der Waals surface area contributed by atoms with E-state index in [0.29, 0.717) is 38.2 Å². The zero-order chi connectivity index (χ0) is 26.4. The molecule has 2 amide bonds. The van der Waals surface area contributed by atoms with Gasteiger partial charge in [0.2, 0.25) is 11.8 Å². The molecule has 2 aliphatic heterocycles. The van der Waals surface area contributed by atoms with Crippen molar-refractivity contribution < 1.29 is 28.2 Å². The predicted molar refractivity (Wildman–Crippen MR) is 134 cm³/mol. The van der Waals surface area contributed by atoms with E-state index in [-0.39, 0.29) is 36.8 Å². The van der Waals surface area contributed by atoms with Crippen LogP contribution in [0, 0.1) is 17.6 Å². The molecule has 2 aromatic rings. The summed E-state index contributed by atoms with van der Waals surface area (Å²) in [5, 5.41) is 17.4. The van der Waals surface area contributed by atoms with Gasteiger partial charge < -0.3 is 25.4 Å². The Labute approximate surface area is 216 Å². The molecular formula is C28H35F2N3O4. The van der Waals surface area contributed by atoms with E-state index in [1.807, 2.05) is 37.3 Å². The third-order valence-electron chi connectivity index (χ3n) is 7.06. The molecule has 5 atom stereocenters. The fourth-order valence-electron chi connectivity index (χ4n) is 5.16. The fourth-order valence-corrected chi connectivity index (χ4v) is 5.16. The van der Waals surface area contributed by atoms with Crippen molar-refractivity contribution in [1.82, 2.24) is 15.5 Å². The summed E-state index contributed by atoms with van der Waals surface area (Å²) in [6, 6.07) is 11.8. The molecule has 0 saturated carbocycles. The minimum atomic E-state index is -1.04. The van der Waals surface area contributed by atoms with Gasteiger partial charge in [-0.05, 0) is 42.5 Å². The summed E-state index contributed by atoms with van der Waals surface area (Å²) in [5.41, 5.74) is 1.37. The lowest BCUT2D eigenvalue weighted by Crippen LogP contribution is -2.53. The van der Waals surface area contributed by atoms with Gasteiger partial charge >= 0.3 is 0 Å². The molecule has 0 bridgehead atoms. The maximum atomic E-state index is 13.9. The van der Waals surface area contributed by atoms with Crippen LogP contribution in [0.3, 0.4) is 0 Å². The number of likely N-dealkylation sites (tertiary alicyclic amines) is 1. The Bertz CT molecular complexity index is 1050. The van der Waals surface area contributed by atoms with Gasteiger partial charge in [0.15, 0.2) is 0 Å². The van der Waals surface area contributed by atoms with Crippen molar-refractivity contribution in [3.05, 3.63) is 71.3 Å². The van der Waals surface area contributed by atoms with E-state index >= 15 is 0 Å². The van der Waals surface area contributed by atoms with E-state index < -0.39 is 29.7 Å². The number of nitrogens with one attached hydrogen (secondary N) is 2. The number of carbonyl (C=O) groups excluding carboxylic acids is 2. The number of aliphatic hydroxyl groups excluding tert-OH is 1. The molecule has 0 aliphatic carbocycles. The summed E-state index contributed by atoms with van der Waals surface area (Å²) in [6.45, 7) is 3.87. The van der Waals surface area contributed by atoms with Crippen LogP contribution < -0.4 is 10.6 Å². The van der Waals surface area contributed by atoms with Crippen molar-refractivity contribution in [3.63, 3.8) is 0 Å². The average Bonchev–Trinajstić information content (AvgIpc) is 3.49. The van der Waals surface area contributed by atoms with Crippen LogP contribution in [0.1, 0.15) is 37.3 Å². The number of carbonyl (C=O) groups is 2. The zero-order valence-corrected chi connectivity index (χ0v) is 21.0. The monoisotopic (exact) mass is 515 g/mol. The zero-order valence-electron chi connectivity index (χ0n) is 21.0. The van der Waals surface area contributed by atoms with E-state index in [1.54, 1.807) is 4.90 Å². The summed E-state index contributed by atoms with van der Waals surface area (Å²) >= 11 is 0. The first kappa shape index (κ1) is 27.2. The third kappa shape index (κ3) is 7.34. The van der Waals surface area contributed by atoms with Gasteiger partial charge in [0.1, 0.15) is 11.6 Å². The molecule has 200 valence electrons. The van der Waals surface area contributed by atoms with Gasteiger partial charge in [-0.3, -0.25) is 9.59 Å². The lowest BCUT2D eigenvalue weighted by molar-refractivity contribution is -0.129. The van der Waals surface area contributed by atoms with E-state index in [4.69, 9.17) is 4.74 Å². The molecule has 4 rings (SSSR count). The van der Waals surface area contributed by atoms with Crippen molar-refractivity contribution in [1.29, 1.82) is 0 Å². The molecule has 2 heterocycles. The van der Waals surface area contributed by atoms with Crippen LogP contribution in [-0.2, 0) is 27.4 Å². The Morgan fingerprint density at radius 2 is 1.92 bits per heavy atom. The molecular weight excluding hydrogens is 480 g/mol. The van der Waals surface area contributed by atoms with Crippen LogP contribution in [0.15, 0.2) is 48.5 Å². The lowest BCUT2D eigenvalue weighted by atomic mass is 9.94. The van der Waals surface area contributed by atoms with Gasteiger partial charge in [-0.25, -0.2) is 8.78 Å². The fraction of sp³-hybridized carbons (Fsp3) is 0.500. The molecule has 2 aromatic carbocycles. The Morgan fingerprint density at radius 1 is 1.19 bits per heavy atom. The lowest BCUT2D eigenvalue weighted by Gasteiger charge is -2.29. The number of amides is 2. The number of hydrogen-bond acceptors (Lipinski definition) is 5. The first-order valence-electron chi connectivity index (χ1n) is 12.9. The van der Waals surface area contributed by atoms with Crippen molar-refractivity contribution in [2.45, 2.75) is 63.5 Å². The molecule has 37 heavy (non-hydrogen) atoms. The Hall–Kier alpha value is -2.88. The maximum absolute atomic E-state index is 13.9. The van der Waals surface area contributed by atoms with E-state index in [2.05, 4.69) is 10.6 Å². The first-order valence-corrected chi connectivity index (χ1v) is 12.9. The minimum absolute atomic E-state index is 0.0364. The molecule has 2 saturated heterocycles. The molecule has 0 unspecified atom stereocenters. The number of rotatable bonds is 11. The van der Waals surface area contributed by atoms with Crippen molar-refractivity contribution in [2.24, 2.45) is 5.92 Å². The van der Waals surface area contributed by atoms with Gasteiger partial charge in [-0.1, -0.05) is 37.3 Å². The molecule has 7 nitrogen and oxygen atoms in total. The summed E-state index contributed by atoms with van der Waals surface area (Å²) in [7, 11) is 0. The van der Waals surface area contributed by atoms with Crippen LogP contribution >= 0.6 is 0 Å². The van der Waals surface area contributed by atoms with Gasteiger partial charge in [0, 0.05) is 38.2 Å². The SMILES string of the molecule is CCCN1C[C@@H](C(=O)N[C@@H](Cc2cc(F)cc(F)c2)[C@H](O)[C@H]2C[C@@H](OCc3ccccc3)CN2)CC1=O. The second-order valence-corrected chi connectivity index (χ2v) is 10.00. The largest absolute Gasteiger partial charge is 0.389 e. The van der Waals surface area contributed by atoms with Crippen molar-refractivity contribution in [3.8, 4) is 0 Å². The highest BCUT2D eigenvalue weighted by molar-refractivity contribution is 5.89. The molecule has 2 aliphatic rings. The van der Waals surface area contributed by atoms with Crippen molar-refractivity contribution in [2.75, 3.05) is 19.6 Å². The predicted octanol–water partition coefficient (Wildman–Crippen LogP) is 2.56. The summed E-state index contributed by atoms with van der Waals surface area (Å²) in [4.78, 5) is 27.1. The summed E-state index contributed by atoms with van der Waals surface area (Å²) < 4.78 is 33.7. The minimum Gasteiger partial charge on any atom is -0.389 e. The molecule has 0 spiro atoms. The topological polar surface area (TPSA) is 90.9 Å². The molecule has 0 aromatic heterocycles. The highest BCUT2D eigenvalue weighted by Crippen LogP contribution is 2.22. The molecule has 9 heteroatoms. The van der Waals surface area contributed by atoms with Crippen LogP contribution in [0.2, 0.25) is 0 Å². The van der Waals surface area contributed by atoms with E-state index in [1.165, 1.54) is 12.1 Å². The number of nitrogens with zero attached hydrogens (tertiary/aromatic N) is 1. The number of benzene rings is 2. The highest BCUT2D eigenvalue weighted by Gasteiger charge is 2.38. The molecule has 2 fully saturated rings. The van der Waals surface area contributed by atoms with Crippen LogP contribution in [0.4, 0.5) is 8.78 Å². The number of halogens is 2. The van der Waals surface area contributed by atoms with Gasteiger partial charge in [-0.15, -0.1) is 0 Å². The second kappa shape index (κ2) is 12.6. The normalized spacial score (nSPS) is 23.3. The number of aliphatic hydroxyl groups is 1. The first-order chi connectivity index (χ1) is 17.8. The van der Waals surface area contributed by atoms with E-state index in [0.717, 1.165) is 18.1 Å². The third-order valence-corrected chi connectivity index (χ3v) is 7.06. The highest BCUT2D eigenvalue weighted by atomic mass is 19.1. The quantitative estimate of drug-likeness (QED) is 0.428. The van der Waals surface area contributed by atoms with Gasteiger partial charge in [0.05, 0.1) is 30.8 Å². The van der Waals surface area contributed by atoms with Crippen LogP contribution in [-0.4, -0.2) is 65.7 Å². The van der Waals surface area contributed by atoms with E-state index in [9.17, 15) is 23.5 Å². The second-order valence-electron chi connectivity index (χ2n) is 10.00. The van der Waals surface area contributed by atoms with Gasteiger partial charge in [0.25, 0.3) is 0 Å². The standard InChI is InChI=1S/C28H35F2N3O4/c1-2-8-33-16-20(12-26(33)34)28(36)32-25(11-19-9-21(29)13-22(30)10-19)27(35)24-14-23(15-31-24)37-17-18-6-4-3-5-7-18/h3-7,9-10,13,20,23-25,27,31,35H,2,8,11-12,14-17H2,1H3,(H,32,36)/t20-,23+,24+,25-,27+/m0/s1. The number of hydrogen-bond donors (Lipinski definition) is 3. The average molecular weight is 516 g/mol. The van der Waals surface area contributed by atoms with Gasteiger partial charge in [-0.2, -0.15) is 0 Å². The number of ether oxygens (including phenoxy) is 1. The maximum Gasteiger partial charge on any atom is 0.225 e.